The van der Waals surface area contributed by atoms with E-state index in [0.29, 0.717) is 24.0 Å². The molecule has 0 bridgehead atoms. The molecule has 1 saturated carbocycles. The average Bonchev–Trinajstić information content (AvgIpc) is 2.61. The Morgan fingerprint density at radius 1 is 1.35 bits per heavy atom. The third-order valence-corrected chi connectivity index (χ3v) is 5.49. The van der Waals surface area contributed by atoms with E-state index in [4.69, 9.17) is 4.74 Å². The van der Waals surface area contributed by atoms with Gasteiger partial charge in [-0.3, -0.25) is 0 Å². The van der Waals surface area contributed by atoms with Crippen LogP contribution in [-0.2, 0) is 9.53 Å². The lowest BCUT2D eigenvalue weighted by molar-refractivity contribution is -0.270. The molecule has 0 unspecified atom stereocenters. The lowest BCUT2D eigenvalue weighted by Gasteiger charge is -2.54. The summed E-state index contributed by atoms with van der Waals surface area (Å²) in [6.45, 7) is 5.31. The molecule has 0 radical (unpaired) electrons. The van der Waals surface area contributed by atoms with Gasteiger partial charge in [-0.05, 0) is 32.6 Å². The molecular formula is C15H20O5. The maximum Gasteiger partial charge on any atom is 0.336 e. The minimum Gasteiger partial charge on any atom is -0.423 e. The number of allylic oxidation sites excluding steroid dienone is 1. The van der Waals surface area contributed by atoms with Gasteiger partial charge < -0.3 is 20.1 Å². The third-order valence-electron chi connectivity index (χ3n) is 5.49. The second-order valence-electron chi connectivity index (χ2n) is 6.41. The number of rotatable bonds is 0. The Morgan fingerprint density at radius 3 is 2.65 bits per heavy atom. The maximum absolute atomic E-state index is 11.7. The van der Waals surface area contributed by atoms with Crippen LogP contribution in [0.25, 0.3) is 0 Å². The van der Waals surface area contributed by atoms with Gasteiger partial charge in [-0.25, -0.2) is 4.79 Å². The molecule has 5 nitrogen and oxygen atoms in total. The molecule has 1 aliphatic heterocycles. The first-order valence-electron chi connectivity index (χ1n) is 6.91. The van der Waals surface area contributed by atoms with Crippen LogP contribution in [0.4, 0.5) is 0 Å². The van der Waals surface area contributed by atoms with E-state index in [-0.39, 0.29) is 5.92 Å². The summed E-state index contributed by atoms with van der Waals surface area (Å²) in [6, 6.07) is 0. The standard InChI is InChI=1S/C15H20O5/c1-7-4-5-11(16)14(3)9(7)6-10-8(2)12(17)20-15(10,19)13(14)18/h4,9,11,13,16,18-19H,5-6H2,1-3H3/t9-,11-,13-,14+,15-/m0/s1. The van der Waals surface area contributed by atoms with Gasteiger partial charge in [0.2, 0.25) is 0 Å². The topological polar surface area (TPSA) is 87.0 Å². The minimum atomic E-state index is -2.00. The Hall–Kier alpha value is -1.17. The number of esters is 1. The molecule has 1 heterocycles. The van der Waals surface area contributed by atoms with Crippen molar-refractivity contribution in [3.8, 4) is 0 Å². The fraction of sp³-hybridized carbons (Fsp3) is 0.667. The number of aliphatic hydroxyl groups is 3. The molecule has 0 amide bonds. The summed E-state index contributed by atoms with van der Waals surface area (Å²) in [6.07, 6.45) is 0.681. The SMILES string of the molecule is CC1=CC[C@H](O)[C@@]2(C)[C@H]1CC1=C(C)C(=O)O[C@]1(O)[C@H]2O. The Kier molecular flexibility index (Phi) is 2.71. The van der Waals surface area contributed by atoms with Crippen molar-refractivity contribution in [1.82, 2.24) is 0 Å². The van der Waals surface area contributed by atoms with E-state index >= 15 is 0 Å². The number of carbonyl (C=O) groups excluding carboxylic acids is 1. The van der Waals surface area contributed by atoms with E-state index in [1.54, 1.807) is 13.8 Å². The highest BCUT2D eigenvalue weighted by Crippen LogP contribution is 2.57. The Morgan fingerprint density at radius 2 is 2.00 bits per heavy atom. The molecule has 5 heteroatoms. The highest BCUT2D eigenvalue weighted by Gasteiger charge is 2.65. The van der Waals surface area contributed by atoms with Crippen molar-refractivity contribution in [3.63, 3.8) is 0 Å². The van der Waals surface area contributed by atoms with Gasteiger partial charge >= 0.3 is 5.97 Å². The van der Waals surface area contributed by atoms with Crippen molar-refractivity contribution in [2.45, 2.75) is 51.6 Å². The molecular weight excluding hydrogens is 260 g/mol. The van der Waals surface area contributed by atoms with Gasteiger partial charge in [-0.15, -0.1) is 0 Å². The van der Waals surface area contributed by atoms with Crippen LogP contribution < -0.4 is 0 Å². The molecule has 0 aromatic heterocycles. The van der Waals surface area contributed by atoms with Crippen LogP contribution in [0.1, 0.15) is 33.6 Å². The first-order valence-corrected chi connectivity index (χ1v) is 6.91. The predicted molar refractivity (Wildman–Crippen MR) is 70.3 cm³/mol. The molecule has 0 aromatic rings. The second-order valence-corrected chi connectivity index (χ2v) is 6.41. The summed E-state index contributed by atoms with van der Waals surface area (Å²) >= 11 is 0. The molecule has 1 fully saturated rings. The highest BCUT2D eigenvalue weighted by atomic mass is 16.7. The zero-order chi connectivity index (χ0) is 14.9. The fourth-order valence-electron chi connectivity index (χ4n) is 3.99. The zero-order valence-corrected chi connectivity index (χ0v) is 11.9. The molecule has 5 atom stereocenters. The maximum atomic E-state index is 11.7. The van der Waals surface area contributed by atoms with Crippen LogP contribution in [-0.4, -0.2) is 39.3 Å². The lowest BCUT2D eigenvalue weighted by Crippen LogP contribution is -2.64. The van der Waals surface area contributed by atoms with E-state index < -0.39 is 29.4 Å². The van der Waals surface area contributed by atoms with E-state index in [0.717, 1.165) is 5.57 Å². The van der Waals surface area contributed by atoms with Crippen LogP contribution in [0.15, 0.2) is 22.8 Å². The lowest BCUT2D eigenvalue weighted by atomic mass is 9.54. The molecule has 3 rings (SSSR count). The van der Waals surface area contributed by atoms with Gasteiger partial charge in [0.15, 0.2) is 0 Å². The smallest absolute Gasteiger partial charge is 0.336 e. The van der Waals surface area contributed by atoms with E-state index in [9.17, 15) is 20.1 Å². The predicted octanol–water partition coefficient (Wildman–Crippen LogP) is 0.646. The van der Waals surface area contributed by atoms with Crippen LogP contribution in [0.3, 0.4) is 0 Å². The molecule has 2 aliphatic carbocycles. The average molecular weight is 280 g/mol. The fourth-order valence-corrected chi connectivity index (χ4v) is 3.99. The van der Waals surface area contributed by atoms with Crippen LogP contribution in [0.2, 0.25) is 0 Å². The molecule has 20 heavy (non-hydrogen) atoms. The first kappa shape index (κ1) is 13.8. The van der Waals surface area contributed by atoms with Crippen LogP contribution in [0, 0.1) is 11.3 Å². The summed E-state index contributed by atoms with van der Waals surface area (Å²) in [5.41, 5.74) is 0.946. The molecule has 0 saturated heterocycles. The molecule has 0 aromatic carbocycles. The monoisotopic (exact) mass is 280 g/mol. The number of aliphatic hydroxyl groups excluding tert-OH is 2. The number of carbonyl (C=O) groups is 1. The Bertz CT molecular complexity index is 548. The Labute approximate surface area is 117 Å². The summed E-state index contributed by atoms with van der Waals surface area (Å²) in [5, 5.41) is 31.7. The summed E-state index contributed by atoms with van der Waals surface area (Å²) in [4.78, 5) is 11.7. The molecule has 3 aliphatic rings. The number of fused-ring (bicyclic) bond motifs is 2. The van der Waals surface area contributed by atoms with Crippen molar-refractivity contribution in [3.05, 3.63) is 22.8 Å². The summed E-state index contributed by atoms with van der Waals surface area (Å²) < 4.78 is 5.04. The molecule has 110 valence electrons. The van der Waals surface area contributed by atoms with Gasteiger partial charge in [0, 0.05) is 16.6 Å². The van der Waals surface area contributed by atoms with Gasteiger partial charge in [-0.2, -0.15) is 0 Å². The van der Waals surface area contributed by atoms with Crippen LogP contribution >= 0.6 is 0 Å². The van der Waals surface area contributed by atoms with Gasteiger partial charge in [0.05, 0.1) is 6.10 Å². The van der Waals surface area contributed by atoms with Crippen molar-refractivity contribution < 1.29 is 24.9 Å². The number of hydrogen-bond donors (Lipinski definition) is 3. The number of ether oxygens (including phenoxy) is 1. The third kappa shape index (κ3) is 1.40. The van der Waals surface area contributed by atoms with Crippen molar-refractivity contribution in [1.29, 1.82) is 0 Å². The molecule has 0 spiro atoms. The van der Waals surface area contributed by atoms with E-state index in [1.165, 1.54) is 0 Å². The molecule has 3 N–H and O–H groups in total. The summed E-state index contributed by atoms with van der Waals surface area (Å²) in [5.74, 6) is -2.70. The van der Waals surface area contributed by atoms with Crippen molar-refractivity contribution in [2.75, 3.05) is 0 Å². The van der Waals surface area contributed by atoms with Crippen LogP contribution in [0.5, 0.6) is 0 Å². The number of hydrogen-bond acceptors (Lipinski definition) is 5. The van der Waals surface area contributed by atoms with Gasteiger partial charge in [0.25, 0.3) is 5.79 Å². The normalized spacial score (nSPS) is 47.6. The van der Waals surface area contributed by atoms with Crippen molar-refractivity contribution in [2.24, 2.45) is 11.3 Å². The zero-order valence-electron chi connectivity index (χ0n) is 11.9. The minimum absolute atomic E-state index is 0.110. The van der Waals surface area contributed by atoms with E-state index in [2.05, 4.69) is 0 Å². The first-order chi connectivity index (χ1) is 9.22. The quantitative estimate of drug-likeness (QED) is 0.448. The van der Waals surface area contributed by atoms with E-state index in [1.807, 2.05) is 13.0 Å². The largest absolute Gasteiger partial charge is 0.423 e. The summed E-state index contributed by atoms with van der Waals surface area (Å²) in [7, 11) is 0. The highest BCUT2D eigenvalue weighted by molar-refractivity contribution is 5.92. The van der Waals surface area contributed by atoms with Gasteiger partial charge in [-0.1, -0.05) is 18.6 Å². The Balaban J connectivity index is 2.16. The van der Waals surface area contributed by atoms with Gasteiger partial charge in [0.1, 0.15) is 6.10 Å². The van der Waals surface area contributed by atoms with Crippen molar-refractivity contribution >= 4 is 5.97 Å². The second kappa shape index (κ2) is 3.93.